The first kappa shape index (κ1) is 15.3. The highest BCUT2D eigenvalue weighted by atomic mass is 32.1. The Morgan fingerprint density at radius 2 is 1.96 bits per heavy atom. The van der Waals surface area contributed by atoms with E-state index >= 15 is 0 Å². The molecule has 1 aliphatic rings. The minimum absolute atomic E-state index is 0.179. The number of aromatic nitrogens is 2. The Kier molecular flexibility index (Phi) is 4.27. The van der Waals surface area contributed by atoms with Crippen molar-refractivity contribution < 1.29 is 4.79 Å². The third kappa shape index (κ3) is 3.47. The van der Waals surface area contributed by atoms with Gasteiger partial charge in [0, 0.05) is 10.8 Å². The first-order chi connectivity index (χ1) is 11.8. The molecule has 1 aliphatic carbocycles. The summed E-state index contributed by atoms with van der Waals surface area (Å²) >= 11 is 3.08. The molecule has 0 bridgehead atoms. The van der Waals surface area contributed by atoms with Crippen LogP contribution in [0.15, 0.2) is 47.8 Å². The van der Waals surface area contributed by atoms with Crippen molar-refractivity contribution >= 4 is 33.8 Å². The molecule has 1 aromatic carbocycles. The molecule has 0 radical (unpaired) electrons. The Bertz CT molecular complexity index is 812. The zero-order valence-electron chi connectivity index (χ0n) is 12.8. The molecule has 4 rings (SSSR count). The summed E-state index contributed by atoms with van der Waals surface area (Å²) in [6.45, 7) is 0. The van der Waals surface area contributed by atoms with Gasteiger partial charge in [-0.25, -0.2) is 4.79 Å². The topological polar surface area (TPSA) is 66.9 Å². The van der Waals surface area contributed by atoms with Gasteiger partial charge in [0.15, 0.2) is 0 Å². The van der Waals surface area contributed by atoms with Gasteiger partial charge >= 0.3 is 6.03 Å². The number of urea groups is 1. The maximum absolute atomic E-state index is 12.4. The zero-order valence-corrected chi connectivity index (χ0v) is 14.4. The molecule has 3 aromatic rings. The molecular formula is C17H16N4OS2. The predicted octanol–water partition coefficient (Wildman–Crippen LogP) is 4.39. The molecule has 24 heavy (non-hydrogen) atoms. The van der Waals surface area contributed by atoms with Crippen molar-refractivity contribution in [1.82, 2.24) is 15.5 Å². The van der Waals surface area contributed by atoms with Gasteiger partial charge in [-0.2, -0.15) is 0 Å². The Labute approximate surface area is 147 Å². The molecule has 1 unspecified atom stereocenters. The van der Waals surface area contributed by atoms with E-state index in [-0.39, 0.29) is 12.1 Å². The number of hydrogen-bond acceptors (Lipinski definition) is 5. The van der Waals surface area contributed by atoms with Crippen LogP contribution in [0.2, 0.25) is 0 Å². The van der Waals surface area contributed by atoms with Crippen LogP contribution in [0.1, 0.15) is 40.2 Å². The van der Waals surface area contributed by atoms with Crippen LogP contribution in [-0.2, 0) is 0 Å². The molecule has 0 saturated heterocycles. The highest BCUT2D eigenvalue weighted by Crippen LogP contribution is 2.42. The summed E-state index contributed by atoms with van der Waals surface area (Å²) in [5, 5.41) is 17.6. The van der Waals surface area contributed by atoms with Crippen LogP contribution in [0.4, 0.5) is 9.93 Å². The van der Waals surface area contributed by atoms with Crippen LogP contribution >= 0.6 is 22.7 Å². The van der Waals surface area contributed by atoms with E-state index in [1.54, 1.807) is 11.3 Å². The number of nitrogens with zero attached hydrogens (tertiary/aromatic N) is 2. The summed E-state index contributed by atoms with van der Waals surface area (Å²) in [7, 11) is 0. The molecule has 0 aliphatic heterocycles. The van der Waals surface area contributed by atoms with Crippen molar-refractivity contribution in [3.8, 4) is 0 Å². The maximum atomic E-state index is 12.4. The summed E-state index contributed by atoms with van der Waals surface area (Å²) in [6, 6.07) is 13.5. The van der Waals surface area contributed by atoms with Gasteiger partial charge in [-0.3, -0.25) is 5.32 Å². The smallest absolute Gasteiger partial charge is 0.321 e. The number of carbonyl (C=O) groups excluding carboxylic acids is 1. The van der Waals surface area contributed by atoms with E-state index in [1.165, 1.54) is 24.2 Å². The van der Waals surface area contributed by atoms with Gasteiger partial charge in [-0.05, 0) is 29.9 Å². The fourth-order valence-electron chi connectivity index (χ4n) is 2.46. The van der Waals surface area contributed by atoms with Crippen molar-refractivity contribution in [3.05, 3.63) is 63.3 Å². The molecule has 122 valence electrons. The van der Waals surface area contributed by atoms with Gasteiger partial charge in [0.1, 0.15) is 5.01 Å². The molecule has 2 N–H and O–H groups in total. The number of hydrogen-bond donors (Lipinski definition) is 2. The van der Waals surface area contributed by atoms with E-state index in [0.717, 1.165) is 15.4 Å². The largest absolute Gasteiger partial charge is 0.326 e. The van der Waals surface area contributed by atoms with E-state index < -0.39 is 0 Å². The normalized spacial score (nSPS) is 15.0. The number of anilines is 1. The molecule has 7 heteroatoms. The van der Waals surface area contributed by atoms with E-state index in [4.69, 9.17) is 0 Å². The second kappa shape index (κ2) is 6.70. The Morgan fingerprint density at radius 1 is 1.12 bits per heavy atom. The van der Waals surface area contributed by atoms with E-state index in [2.05, 4.69) is 20.8 Å². The van der Waals surface area contributed by atoms with Crippen molar-refractivity contribution in [2.75, 3.05) is 5.32 Å². The van der Waals surface area contributed by atoms with E-state index in [9.17, 15) is 4.79 Å². The summed E-state index contributed by atoms with van der Waals surface area (Å²) in [6.07, 6.45) is 2.35. The van der Waals surface area contributed by atoms with Gasteiger partial charge < -0.3 is 5.32 Å². The summed E-state index contributed by atoms with van der Waals surface area (Å²) in [5.74, 6) is 0.546. The minimum Gasteiger partial charge on any atom is -0.326 e. The van der Waals surface area contributed by atoms with Crippen LogP contribution in [0, 0.1) is 0 Å². The standard InChI is InChI=1S/C17H16N4OS2/c22-16(19-17-21-20-15(24-17)12-8-9-12)18-14(13-7-4-10-23-13)11-5-2-1-3-6-11/h1-7,10,12,14H,8-9H2,(H2,18,19,21,22). The maximum Gasteiger partial charge on any atom is 0.321 e. The van der Waals surface area contributed by atoms with Crippen molar-refractivity contribution in [1.29, 1.82) is 0 Å². The SMILES string of the molecule is O=C(Nc1nnc(C2CC2)s1)NC(c1ccccc1)c1cccs1. The third-order valence-electron chi connectivity index (χ3n) is 3.82. The monoisotopic (exact) mass is 356 g/mol. The summed E-state index contributed by atoms with van der Waals surface area (Å²) < 4.78 is 0. The minimum atomic E-state index is -0.268. The lowest BCUT2D eigenvalue weighted by molar-refractivity contribution is 0.250. The quantitative estimate of drug-likeness (QED) is 0.712. The van der Waals surface area contributed by atoms with Crippen molar-refractivity contribution in [3.63, 3.8) is 0 Å². The lowest BCUT2D eigenvalue weighted by Crippen LogP contribution is -2.32. The van der Waals surface area contributed by atoms with E-state index in [0.29, 0.717) is 11.0 Å². The summed E-state index contributed by atoms with van der Waals surface area (Å²) in [4.78, 5) is 13.5. The van der Waals surface area contributed by atoms with Crippen LogP contribution in [0.25, 0.3) is 0 Å². The lowest BCUT2D eigenvalue weighted by Gasteiger charge is -2.17. The number of thiophene rings is 1. The first-order valence-corrected chi connectivity index (χ1v) is 9.48. The van der Waals surface area contributed by atoms with Gasteiger partial charge in [0.25, 0.3) is 0 Å². The number of rotatable bonds is 5. The predicted molar refractivity (Wildman–Crippen MR) is 96.6 cm³/mol. The molecule has 2 amide bonds. The molecule has 2 heterocycles. The molecule has 1 atom stereocenters. The van der Waals surface area contributed by atoms with Gasteiger partial charge in [-0.15, -0.1) is 21.5 Å². The molecule has 5 nitrogen and oxygen atoms in total. The molecule has 1 fully saturated rings. The summed E-state index contributed by atoms with van der Waals surface area (Å²) in [5.41, 5.74) is 1.05. The second-order valence-corrected chi connectivity index (χ2v) is 7.67. The van der Waals surface area contributed by atoms with Crippen LogP contribution in [0.3, 0.4) is 0 Å². The van der Waals surface area contributed by atoms with Crippen LogP contribution < -0.4 is 10.6 Å². The number of carbonyl (C=O) groups is 1. The van der Waals surface area contributed by atoms with Gasteiger partial charge in [-0.1, -0.05) is 47.7 Å². The first-order valence-electron chi connectivity index (χ1n) is 7.79. The number of amides is 2. The lowest BCUT2D eigenvalue weighted by atomic mass is 10.1. The fourth-order valence-corrected chi connectivity index (χ4v) is 4.17. The van der Waals surface area contributed by atoms with Gasteiger partial charge in [0.2, 0.25) is 5.13 Å². The van der Waals surface area contributed by atoms with Crippen LogP contribution in [-0.4, -0.2) is 16.2 Å². The van der Waals surface area contributed by atoms with Crippen molar-refractivity contribution in [2.45, 2.75) is 24.8 Å². The highest BCUT2D eigenvalue weighted by molar-refractivity contribution is 7.15. The van der Waals surface area contributed by atoms with E-state index in [1.807, 2.05) is 47.8 Å². The zero-order chi connectivity index (χ0) is 16.4. The molecule has 2 aromatic heterocycles. The Morgan fingerprint density at radius 3 is 2.67 bits per heavy atom. The van der Waals surface area contributed by atoms with Gasteiger partial charge in [0.05, 0.1) is 6.04 Å². The number of benzene rings is 1. The number of nitrogens with one attached hydrogen (secondary N) is 2. The average Bonchev–Trinajstić information content (AvgIpc) is 3.11. The fraction of sp³-hybridized carbons (Fsp3) is 0.235. The second-order valence-electron chi connectivity index (χ2n) is 5.68. The highest BCUT2D eigenvalue weighted by Gasteiger charge is 2.28. The van der Waals surface area contributed by atoms with Crippen molar-refractivity contribution in [2.24, 2.45) is 0 Å². The molecular weight excluding hydrogens is 340 g/mol. The average molecular weight is 356 g/mol. The molecule has 0 spiro atoms. The Balaban J connectivity index is 1.48. The molecule has 1 saturated carbocycles. The van der Waals surface area contributed by atoms with Crippen LogP contribution in [0.5, 0.6) is 0 Å². The Hall–Kier alpha value is -2.25. The third-order valence-corrected chi connectivity index (χ3v) is 5.76.